The molecule has 0 aromatic heterocycles. The number of hydrogen-bond acceptors (Lipinski definition) is 3. The van der Waals surface area contributed by atoms with E-state index >= 15 is 0 Å². The van der Waals surface area contributed by atoms with Crippen molar-refractivity contribution in [3.63, 3.8) is 0 Å². The molecule has 1 saturated heterocycles. The zero-order valence-corrected chi connectivity index (χ0v) is 8.41. The van der Waals surface area contributed by atoms with E-state index in [1.54, 1.807) is 0 Å². The largest absolute Gasteiger partial charge is 0.330 e. The number of unbranched alkanes of at least 4 members (excludes halogenated alkanes) is 1. The fourth-order valence-electron chi connectivity index (χ4n) is 1.41. The maximum atomic E-state index is 5.41. The van der Waals surface area contributed by atoms with Gasteiger partial charge in [-0.3, -0.25) is 0 Å². The first-order chi connectivity index (χ1) is 5.43. The summed E-state index contributed by atoms with van der Waals surface area (Å²) in [7, 11) is 0. The van der Waals surface area contributed by atoms with Gasteiger partial charge in [0.15, 0.2) is 0 Å². The van der Waals surface area contributed by atoms with Crippen molar-refractivity contribution in [1.82, 2.24) is 10.2 Å². The first-order valence-corrected chi connectivity index (χ1v) is 4.56. The Morgan fingerprint density at radius 3 is 2.42 bits per heavy atom. The van der Waals surface area contributed by atoms with Crippen molar-refractivity contribution in [2.24, 2.45) is 5.73 Å². The Labute approximate surface area is 81.1 Å². The molecule has 74 valence electrons. The second-order valence-corrected chi connectivity index (χ2v) is 3.09. The molecule has 3 N–H and O–H groups in total. The SMILES string of the molecule is Cl.NCCCCN1CCNCC1. The number of nitrogens with two attached hydrogens (primary N) is 1. The molecule has 0 aromatic rings. The monoisotopic (exact) mass is 193 g/mol. The van der Waals surface area contributed by atoms with Crippen LogP contribution in [0.4, 0.5) is 0 Å². The average Bonchev–Trinajstić information content (AvgIpc) is 2.07. The molecule has 0 radical (unpaired) electrons. The molecule has 0 aromatic carbocycles. The van der Waals surface area contributed by atoms with E-state index in [0.717, 1.165) is 19.6 Å². The summed E-state index contributed by atoms with van der Waals surface area (Å²) in [5.41, 5.74) is 5.41. The second kappa shape index (κ2) is 7.80. The topological polar surface area (TPSA) is 41.3 Å². The molecule has 0 aliphatic carbocycles. The maximum absolute atomic E-state index is 5.41. The molecule has 0 bridgehead atoms. The van der Waals surface area contributed by atoms with E-state index in [9.17, 15) is 0 Å². The highest BCUT2D eigenvalue weighted by Gasteiger charge is 2.07. The Morgan fingerprint density at radius 1 is 1.17 bits per heavy atom. The van der Waals surface area contributed by atoms with Crippen LogP contribution in [0.15, 0.2) is 0 Å². The summed E-state index contributed by atoms with van der Waals surface area (Å²) in [5.74, 6) is 0. The average molecular weight is 194 g/mol. The van der Waals surface area contributed by atoms with Crippen molar-refractivity contribution in [2.75, 3.05) is 39.3 Å². The molecule has 1 aliphatic rings. The lowest BCUT2D eigenvalue weighted by Crippen LogP contribution is -2.43. The third-order valence-electron chi connectivity index (χ3n) is 2.14. The minimum Gasteiger partial charge on any atom is -0.330 e. The van der Waals surface area contributed by atoms with Gasteiger partial charge in [0, 0.05) is 26.2 Å². The van der Waals surface area contributed by atoms with E-state index in [2.05, 4.69) is 10.2 Å². The van der Waals surface area contributed by atoms with Crippen molar-refractivity contribution in [3.05, 3.63) is 0 Å². The highest BCUT2D eigenvalue weighted by Crippen LogP contribution is 1.95. The van der Waals surface area contributed by atoms with Crippen molar-refractivity contribution in [3.8, 4) is 0 Å². The Kier molecular flexibility index (Phi) is 7.91. The Morgan fingerprint density at radius 2 is 1.83 bits per heavy atom. The predicted molar refractivity (Wildman–Crippen MR) is 54.8 cm³/mol. The van der Waals surface area contributed by atoms with Gasteiger partial charge in [0.25, 0.3) is 0 Å². The third kappa shape index (κ3) is 4.93. The first-order valence-electron chi connectivity index (χ1n) is 4.56. The molecule has 12 heavy (non-hydrogen) atoms. The van der Waals surface area contributed by atoms with Crippen LogP contribution in [0.2, 0.25) is 0 Å². The molecule has 0 atom stereocenters. The summed E-state index contributed by atoms with van der Waals surface area (Å²) in [4.78, 5) is 2.51. The third-order valence-corrected chi connectivity index (χ3v) is 2.14. The normalized spacial score (nSPS) is 18.8. The van der Waals surface area contributed by atoms with Gasteiger partial charge in [-0.25, -0.2) is 0 Å². The van der Waals surface area contributed by atoms with Crippen LogP contribution in [0.25, 0.3) is 0 Å². The van der Waals surface area contributed by atoms with E-state index in [0.29, 0.717) is 0 Å². The van der Waals surface area contributed by atoms with Crippen LogP contribution in [0, 0.1) is 0 Å². The van der Waals surface area contributed by atoms with Gasteiger partial charge in [-0.15, -0.1) is 12.4 Å². The van der Waals surface area contributed by atoms with E-state index in [1.807, 2.05) is 0 Å². The van der Waals surface area contributed by atoms with E-state index in [1.165, 1.54) is 32.5 Å². The van der Waals surface area contributed by atoms with Crippen LogP contribution >= 0.6 is 12.4 Å². The van der Waals surface area contributed by atoms with Gasteiger partial charge in [0.05, 0.1) is 0 Å². The quantitative estimate of drug-likeness (QED) is 0.621. The molecule has 1 rings (SSSR count). The standard InChI is InChI=1S/C8H19N3.ClH/c9-3-1-2-6-11-7-4-10-5-8-11;/h10H,1-9H2;1H. The fraction of sp³-hybridized carbons (Fsp3) is 1.00. The number of halogens is 1. The zero-order chi connectivity index (χ0) is 7.94. The molecular formula is C8H20ClN3. The van der Waals surface area contributed by atoms with Crippen LogP contribution < -0.4 is 11.1 Å². The summed E-state index contributed by atoms with van der Waals surface area (Å²) in [5, 5.41) is 3.34. The van der Waals surface area contributed by atoms with E-state index in [-0.39, 0.29) is 12.4 Å². The predicted octanol–water partition coefficient (Wildman–Crippen LogP) is 0.0523. The van der Waals surface area contributed by atoms with Gasteiger partial charge in [-0.1, -0.05) is 0 Å². The van der Waals surface area contributed by atoms with Crippen molar-refractivity contribution >= 4 is 12.4 Å². The minimum atomic E-state index is 0. The number of piperazine rings is 1. The fourth-order valence-corrected chi connectivity index (χ4v) is 1.41. The van der Waals surface area contributed by atoms with Crippen molar-refractivity contribution < 1.29 is 0 Å². The van der Waals surface area contributed by atoms with Crippen molar-refractivity contribution in [2.45, 2.75) is 12.8 Å². The summed E-state index contributed by atoms with van der Waals surface area (Å²) in [6.45, 7) is 6.81. The minimum absolute atomic E-state index is 0. The van der Waals surface area contributed by atoms with Gasteiger partial charge >= 0.3 is 0 Å². The van der Waals surface area contributed by atoms with Gasteiger partial charge in [-0.2, -0.15) is 0 Å². The molecule has 1 fully saturated rings. The Hall–Kier alpha value is 0.170. The maximum Gasteiger partial charge on any atom is 0.0107 e. The second-order valence-electron chi connectivity index (χ2n) is 3.09. The van der Waals surface area contributed by atoms with Crippen LogP contribution in [0.3, 0.4) is 0 Å². The molecule has 0 spiro atoms. The molecule has 1 heterocycles. The highest BCUT2D eigenvalue weighted by atomic mass is 35.5. The highest BCUT2D eigenvalue weighted by molar-refractivity contribution is 5.85. The van der Waals surface area contributed by atoms with Crippen LogP contribution in [-0.4, -0.2) is 44.2 Å². The van der Waals surface area contributed by atoms with Crippen LogP contribution in [0.5, 0.6) is 0 Å². The molecule has 1 aliphatic heterocycles. The smallest absolute Gasteiger partial charge is 0.0107 e. The van der Waals surface area contributed by atoms with E-state index in [4.69, 9.17) is 5.73 Å². The van der Waals surface area contributed by atoms with Gasteiger partial charge in [0.1, 0.15) is 0 Å². The number of hydrogen-bond donors (Lipinski definition) is 2. The lowest BCUT2D eigenvalue weighted by atomic mass is 10.2. The Balaban J connectivity index is 0.00000121. The molecule has 0 unspecified atom stereocenters. The summed E-state index contributed by atoms with van der Waals surface area (Å²) in [6.07, 6.45) is 2.43. The lowest BCUT2D eigenvalue weighted by Gasteiger charge is -2.26. The molecule has 0 amide bonds. The van der Waals surface area contributed by atoms with Gasteiger partial charge in [-0.05, 0) is 25.9 Å². The molecule has 3 nitrogen and oxygen atoms in total. The number of nitrogens with one attached hydrogen (secondary N) is 1. The summed E-state index contributed by atoms with van der Waals surface area (Å²) < 4.78 is 0. The number of rotatable bonds is 4. The zero-order valence-electron chi connectivity index (χ0n) is 7.59. The number of nitrogens with zero attached hydrogens (tertiary/aromatic N) is 1. The van der Waals surface area contributed by atoms with Crippen LogP contribution in [-0.2, 0) is 0 Å². The molecule has 0 saturated carbocycles. The Bertz CT molecular complexity index is 94.3. The van der Waals surface area contributed by atoms with E-state index < -0.39 is 0 Å². The van der Waals surface area contributed by atoms with Gasteiger partial charge in [0.2, 0.25) is 0 Å². The first kappa shape index (κ1) is 12.2. The summed E-state index contributed by atoms with van der Waals surface area (Å²) >= 11 is 0. The molecular weight excluding hydrogens is 174 g/mol. The van der Waals surface area contributed by atoms with Crippen molar-refractivity contribution in [1.29, 1.82) is 0 Å². The summed E-state index contributed by atoms with van der Waals surface area (Å²) in [6, 6.07) is 0. The van der Waals surface area contributed by atoms with Gasteiger partial charge < -0.3 is 16.0 Å². The lowest BCUT2D eigenvalue weighted by molar-refractivity contribution is 0.237. The van der Waals surface area contributed by atoms with Crippen LogP contribution in [0.1, 0.15) is 12.8 Å². The molecule has 4 heteroatoms.